The standard InChI is InChI=1S/C15H25N/c1-6-16-11-15(4,5)10-14-8-7-12(2)13(3)9-14/h7-9,16H,6,10-11H2,1-5H3. The first-order chi connectivity index (χ1) is 7.44. The molecule has 0 spiro atoms. The third-order valence-corrected chi connectivity index (χ3v) is 3.11. The van der Waals surface area contributed by atoms with Gasteiger partial charge in [0, 0.05) is 6.54 Å². The molecule has 0 aliphatic rings. The molecule has 1 N–H and O–H groups in total. The lowest BCUT2D eigenvalue weighted by molar-refractivity contribution is 0.342. The Hall–Kier alpha value is -0.820. The first-order valence-electron chi connectivity index (χ1n) is 6.21. The molecule has 0 atom stereocenters. The highest BCUT2D eigenvalue weighted by atomic mass is 14.9. The molecule has 1 aromatic rings. The van der Waals surface area contributed by atoms with Crippen molar-refractivity contribution in [3.8, 4) is 0 Å². The molecular weight excluding hydrogens is 194 g/mol. The fraction of sp³-hybridized carbons (Fsp3) is 0.600. The fourth-order valence-electron chi connectivity index (χ4n) is 1.99. The maximum Gasteiger partial charge on any atom is 0.000559 e. The highest BCUT2D eigenvalue weighted by Crippen LogP contribution is 2.22. The number of nitrogens with one attached hydrogen (secondary N) is 1. The van der Waals surface area contributed by atoms with Crippen LogP contribution in [0.25, 0.3) is 0 Å². The molecule has 90 valence electrons. The predicted molar refractivity (Wildman–Crippen MR) is 71.9 cm³/mol. The van der Waals surface area contributed by atoms with E-state index in [1.165, 1.54) is 16.7 Å². The minimum Gasteiger partial charge on any atom is -0.316 e. The van der Waals surface area contributed by atoms with Crippen LogP contribution in [0.4, 0.5) is 0 Å². The molecule has 0 aliphatic carbocycles. The van der Waals surface area contributed by atoms with Gasteiger partial charge >= 0.3 is 0 Å². The van der Waals surface area contributed by atoms with Crippen LogP contribution in [-0.4, -0.2) is 13.1 Å². The highest BCUT2D eigenvalue weighted by Gasteiger charge is 2.17. The van der Waals surface area contributed by atoms with Crippen molar-refractivity contribution in [2.45, 2.75) is 41.0 Å². The smallest absolute Gasteiger partial charge is 0.000559 e. The number of benzene rings is 1. The van der Waals surface area contributed by atoms with Gasteiger partial charge in [0.2, 0.25) is 0 Å². The molecule has 0 saturated heterocycles. The Kier molecular flexibility index (Phi) is 4.55. The second kappa shape index (κ2) is 5.49. The van der Waals surface area contributed by atoms with Gasteiger partial charge in [-0.2, -0.15) is 0 Å². The summed E-state index contributed by atoms with van der Waals surface area (Å²) in [5.41, 5.74) is 4.56. The van der Waals surface area contributed by atoms with Crippen LogP contribution in [0.15, 0.2) is 18.2 Å². The average molecular weight is 219 g/mol. The molecule has 1 heteroatoms. The quantitative estimate of drug-likeness (QED) is 0.799. The van der Waals surface area contributed by atoms with Crippen LogP contribution in [0.2, 0.25) is 0 Å². The number of hydrogen-bond acceptors (Lipinski definition) is 1. The van der Waals surface area contributed by atoms with E-state index in [9.17, 15) is 0 Å². The van der Waals surface area contributed by atoms with Crippen LogP contribution in [0.3, 0.4) is 0 Å². The Bertz CT molecular complexity index is 339. The van der Waals surface area contributed by atoms with Gasteiger partial charge in [0.25, 0.3) is 0 Å². The van der Waals surface area contributed by atoms with E-state index in [0.29, 0.717) is 5.41 Å². The Balaban J connectivity index is 2.68. The van der Waals surface area contributed by atoms with Crippen LogP contribution in [-0.2, 0) is 6.42 Å². The summed E-state index contributed by atoms with van der Waals surface area (Å²) in [6, 6.07) is 6.81. The summed E-state index contributed by atoms with van der Waals surface area (Å²) in [6.07, 6.45) is 1.14. The maximum atomic E-state index is 3.43. The summed E-state index contributed by atoms with van der Waals surface area (Å²) in [7, 11) is 0. The zero-order valence-electron chi connectivity index (χ0n) is 11.4. The van der Waals surface area contributed by atoms with E-state index in [0.717, 1.165) is 19.5 Å². The zero-order chi connectivity index (χ0) is 12.2. The van der Waals surface area contributed by atoms with Crippen molar-refractivity contribution < 1.29 is 0 Å². The molecule has 0 saturated carbocycles. The molecule has 1 nitrogen and oxygen atoms in total. The topological polar surface area (TPSA) is 12.0 Å². The predicted octanol–water partition coefficient (Wildman–Crippen LogP) is 3.48. The summed E-state index contributed by atoms with van der Waals surface area (Å²) in [4.78, 5) is 0. The lowest BCUT2D eigenvalue weighted by Crippen LogP contribution is -2.31. The van der Waals surface area contributed by atoms with Crippen molar-refractivity contribution in [1.29, 1.82) is 0 Å². The third-order valence-electron chi connectivity index (χ3n) is 3.11. The molecule has 1 rings (SSSR count). The SMILES string of the molecule is CCNCC(C)(C)Cc1ccc(C)c(C)c1. The van der Waals surface area contributed by atoms with Crippen LogP contribution in [0, 0.1) is 19.3 Å². The van der Waals surface area contributed by atoms with Crippen LogP contribution >= 0.6 is 0 Å². The molecule has 0 bridgehead atoms. The summed E-state index contributed by atoms with van der Waals surface area (Å²) in [5, 5.41) is 3.43. The first kappa shape index (κ1) is 13.2. The van der Waals surface area contributed by atoms with E-state index < -0.39 is 0 Å². The normalized spacial score (nSPS) is 11.8. The number of aryl methyl sites for hydroxylation is 2. The van der Waals surface area contributed by atoms with Gasteiger partial charge in [-0.3, -0.25) is 0 Å². The van der Waals surface area contributed by atoms with Gasteiger partial charge in [-0.15, -0.1) is 0 Å². The van der Waals surface area contributed by atoms with Crippen molar-refractivity contribution in [3.05, 3.63) is 34.9 Å². The minimum atomic E-state index is 0.331. The highest BCUT2D eigenvalue weighted by molar-refractivity contribution is 5.30. The Morgan fingerprint density at radius 1 is 1.12 bits per heavy atom. The van der Waals surface area contributed by atoms with Crippen LogP contribution in [0.5, 0.6) is 0 Å². The van der Waals surface area contributed by atoms with E-state index in [1.807, 2.05) is 0 Å². The van der Waals surface area contributed by atoms with Gasteiger partial charge in [-0.1, -0.05) is 39.0 Å². The van der Waals surface area contributed by atoms with Gasteiger partial charge in [-0.25, -0.2) is 0 Å². The van der Waals surface area contributed by atoms with Gasteiger partial charge in [0.05, 0.1) is 0 Å². The lowest BCUT2D eigenvalue weighted by Gasteiger charge is -2.25. The lowest BCUT2D eigenvalue weighted by atomic mass is 9.85. The third kappa shape index (κ3) is 3.97. The van der Waals surface area contributed by atoms with E-state index in [4.69, 9.17) is 0 Å². The van der Waals surface area contributed by atoms with Crippen molar-refractivity contribution in [2.24, 2.45) is 5.41 Å². The second-order valence-electron chi connectivity index (χ2n) is 5.54. The molecule has 0 fully saturated rings. The summed E-state index contributed by atoms with van der Waals surface area (Å²) >= 11 is 0. The van der Waals surface area contributed by atoms with E-state index >= 15 is 0 Å². The summed E-state index contributed by atoms with van der Waals surface area (Å²) in [6.45, 7) is 13.3. The number of rotatable bonds is 5. The molecule has 0 aliphatic heterocycles. The molecule has 0 aromatic heterocycles. The Morgan fingerprint density at radius 2 is 1.81 bits per heavy atom. The van der Waals surface area contributed by atoms with Crippen LogP contribution in [0.1, 0.15) is 37.5 Å². The Labute approximate surface area is 100 Å². The zero-order valence-corrected chi connectivity index (χ0v) is 11.4. The minimum absolute atomic E-state index is 0.331. The molecule has 16 heavy (non-hydrogen) atoms. The van der Waals surface area contributed by atoms with E-state index in [-0.39, 0.29) is 0 Å². The Morgan fingerprint density at radius 3 is 2.38 bits per heavy atom. The van der Waals surface area contributed by atoms with Crippen molar-refractivity contribution in [3.63, 3.8) is 0 Å². The van der Waals surface area contributed by atoms with Crippen molar-refractivity contribution in [1.82, 2.24) is 5.32 Å². The molecule has 1 aromatic carbocycles. The molecule has 0 radical (unpaired) electrons. The van der Waals surface area contributed by atoms with Gasteiger partial charge < -0.3 is 5.32 Å². The molecule has 0 amide bonds. The maximum absolute atomic E-state index is 3.43. The van der Waals surface area contributed by atoms with Gasteiger partial charge in [0.1, 0.15) is 0 Å². The summed E-state index contributed by atoms with van der Waals surface area (Å²) in [5.74, 6) is 0. The largest absolute Gasteiger partial charge is 0.316 e. The van der Waals surface area contributed by atoms with Crippen molar-refractivity contribution >= 4 is 0 Å². The second-order valence-corrected chi connectivity index (χ2v) is 5.54. The van der Waals surface area contributed by atoms with Crippen molar-refractivity contribution in [2.75, 3.05) is 13.1 Å². The fourth-order valence-corrected chi connectivity index (χ4v) is 1.99. The molecule has 0 heterocycles. The van der Waals surface area contributed by atoms with E-state index in [1.54, 1.807) is 0 Å². The molecule has 0 unspecified atom stereocenters. The first-order valence-corrected chi connectivity index (χ1v) is 6.21. The van der Waals surface area contributed by atoms with Gasteiger partial charge in [-0.05, 0) is 48.9 Å². The van der Waals surface area contributed by atoms with E-state index in [2.05, 4.69) is 58.1 Å². The molecular formula is C15H25N. The summed E-state index contributed by atoms with van der Waals surface area (Å²) < 4.78 is 0. The monoisotopic (exact) mass is 219 g/mol. The number of hydrogen-bond donors (Lipinski definition) is 1. The van der Waals surface area contributed by atoms with Crippen LogP contribution < -0.4 is 5.32 Å². The van der Waals surface area contributed by atoms with Gasteiger partial charge in [0.15, 0.2) is 0 Å². The average Bonchev–Trinajstić information content (AvgIpc) is 2.20.